The van der Waals surface area contributed by atoms with Gasteiger partial charge < -0.3 is 10.1 Å². The maximum absolute atomic E-state index is 12.0. The van der Waals surface area contributed by atoms with Crippen LogP contribution in [0.1, 0.15) is 32.2 Å². The van der Waals surface area contributed by atoms with Crippen LogP contribution in [-0.2, 0) is 4.79 Å². The second-order valence-electron chi connectivity index (χ2n) is 7.35. The number of aromatic nitrogens is 4. The number of carbonyl (C=O) groups is 1. The summed E-state index contributed by atoms with van der Waals surface area (Å²) in [6.45, 7) is 9.54. The quantitative estimate of drug-likeness (QED) is 0.754. The van der Waals surface area contributed by atoms with Crippen molar-refractivity contribution in [3.63, 3.8) is 0 Å². The standard InChI is InChI=1S/C20H23N5O2/c1-13-14(2)25(12-21-13)17-10-11-18(24-23-17)27-16-8-6-15(7-9-16)22-19(26)20(3,4)5/h6-12H,1-5H3,(H,22,26). The van der Waals surface area contributed by atoms with E-state index >= 15 is 0 Å². The number of benzene rings is 1. The van der Waals surface area contributed by atoms with Crippen LogP contribution in [0.25, 0.3) is 5.82 Å². The Kier molecular flexibility index (Phi) is 4.94. The fourth-order valence-corrected chi connectivity index (χ4v) is 2.27. The van der Waals surface area contributed by atoms with Crippen molar-refractivity contribution >= 4 is 11.6 Å². The van der Waals surface area contributed by atoms with Gasteiger partial charge in [0.25, 0.3) is 0 Å². The number of ether oxygens (including phenoxy) is 1. The van der Waals surface area contributed by atoms with Crippen LogP contribution in [0.2, 0.25) is 0 Å². The van der Waals surface area contributed by atoms with E-state index in [1.165, 1.54) is 0 Å². The van der Waals surface area contributed by atoms with Crippen molar-refractivity contribution in [3.8, 4) is 17.4 Å². The molecule has 0 bridgehead atoms. The number of carbonyl (C=O) groups excluding carboxylic acids is 1. The lowest BCUT2D eigenvalue weighted by molar-refractivity contribution is -0.123. The third-order valence-electron chi connectivity index (χ3n) is 4.14. The molecule has 0 radical (unpaired) electrons. The third kappa shape index (κ3) is 4.31. The van der Waals surface area contributed by atoms with Gasteiger partial charge in [0.15, 0.2) is 5.82 Å². The number of amides is 1. The Labute approximate surface area is 158 Å². The smallest absolute Gasteiger partial charge is 0.238 e. The van der Waals surface area contributed by atoms with E-state index in [1.54, 1.807) is 36.7 Å². The van der Waals surface area contributed by atoms with Gasteiger partial charge in [-0.1, -0.05) is 20.8 Å². The van der Waals surface area contributed by atoms with E-state index in [2.05, 4.69) is 20.5 Å². The second kappa shape index (κ2) is 7.19. The van der Waals surface area contributed by atoms with Crippen LogP contribution in [0.4, 0.5) is 5.69 Å². The van der Waals surface area contributed by atoms with Crippen LogP contribution in [0.15, 0.2) is 42.7 Å². The Morgan fingerprint density at radius 2 is 1.74 bits per heavy atom. The molecule has 1 N–H and O–H groups in total. The second-order valence-corrected chi connectivity index (χ2v) is 7.35. The summed E-state index contributed by atoms with van der Waals surface area (Å²) in [7, 11) is 0. The molecule has 140 valence electrons. The Hall–Kier alpha value is -3.22. The fourth-order valence-electron chi connectivity index (χ4n) is 2.27. The van der Waals surface area contributed by atoms with Gasteiger partial charge in [0.2, 0.25) is 11.8 Å². The molecular weight excluding hydrogens is 342 g/mol. The minimum Gasteiger partial charge on any atom is -0.438 e. The van der Waals surface area contributed by atoms with Crippen LogP contribution < -0.4 is 10.1 Å². The normalized spacial score (nSPS) is 11.3. The predicted molar refractivity (Wildman–Crippen MR) is 103 cm³/mol. The molecule has 0 unspecified atom stereocenters. The predicted octanol–water partition coefficient (Wildman–Crippen LogP) is 4.06. The van der Waals surface area contributed by atoms with Gasteiger partial charge in [-0.25, -0.2) is 4.98 Å². The van der Waals surface area contributed by atoms with Gasteiger partial charge in [0.1, 0.15) is 12.1 Å². The van der Waals surface area contributed by atoms with E-state index in [0.29, 0.717) is 17.4 Å². The minimum absolute atomic E-state index is 0.0392. The molecular formula is C20H23N5O2. The van der Waals surface area contributed by atoms with E-state index < -0.39 is 5.41 Å². The summed E-state index contributed by atoms with van der Waals surface area (Å²) in [5, 5.41) is 11.2. The Morgan fingerprint density at radius 3 is 2.26 bits per heavy atom. The van der Waals surface area contributed by atoms with Gasteiger partial charge in [-0.3, -0.25) is 9.36 Å². The topological polar surface area (TPSA) is 81.9 Å². The molecule has 27 heavy (non-hydrogen) atoms. The van der Waals surface area contributed by atoms with Crippen LogP contribution in [0.3, 0.4) is 0 Å². The highest BCUT2D eigenvalue weighted by atomic mass is 16.5. The molecule has 0 aliphatic carbocycles. The van der Waals surface area contributed by atoms with E-state index in [4.69, 9.17) is 4.74 Å². The number of imidazole rings is 1. The Balaban J connectivity index is 1.67. The van der Waals surface area contributed by atoms with Crippen molar-refractivity contribution in [2.75, 3.05) is 5.32 Å². The molecule has 1 amide bonds. The first kappa shape index (κ1) is 18.6. The van der Waals surface area contributed by atoms with Gasteiger partial charge in [-0.05, 0) is 44.2 Å². The molecule has 0 aliphatic heterocycles. The number of nitrogens with one attached hydrogen (secondary N) is 1. The van der Waals surface area contributed by atoms with Gasteiger partial charge in [-0.2, -0.15) is 0 Å². The first-order valence-corrected chi connectivity index (χ1v) is 8.68. The molecule has 0 aliphatic rings. The van der Waals surface area contributed by atoms with E-state index in [9.17, 15) is 4.79 Å². The van der Waals surface area contributed by atoms with Gasteiger partial charge in [0.05, 0.1) is 5.69 Å². The molecule has 3 rings (SSSR count). The van der Waals surface area contributed by atoms with Gasteiger partial charge in [-0.15, -0.1) is 10.2 Å². The monoisotopic (exact) mass is 365 g/mol. The van der Waals surface area contributed by atoms with Crippen molar-refractivity contribution in [2.24, 2.45) is 5.41 Å². The fraction of sp³-hybridized carbons (Fsp3) is 0.300. The van der Waals surface area contributed by atoms with Crippen LogP contribution >= 0.6 is 0 Å². The lowest BCUT2D eigenvalue weighted by atomic mass is 9.95. The molecule has 7 heteroatoms. The van der Waals surface area contributed by atoms with E-state index in [-0.39, 0.29) is 5.91 Å². The molecule has 2 heterocycles. The average Bonchev–Trinajstić information content (AvgIpc) is 2.96. The molecule has 0 spiro atoms. The molecule has 0 saturated carbocycles. The molecule has 1 aromatic carbocycles. The van der Waals surface area contributed by atoms with Crippen molar-refractivity contribution in [1.29, 1.82) is 0 Å². The highest BCUT2D eigenvalue weighted by Gasteiger charge is 2.21. The number of hydrogen-bond acceptors (Lipinski definition) is 5. The summed E-state index contributed by atoms with van der Waals surface area (Å²) in [4.78, 5) is 16.3. The van der Waals surface area contributed by atoms with Gasteiger partial charge in [0, 0.05) is 22.9 Å². The summed E-state index contributed by atoms with van der Waals surface area (Å²) in [5.74, 6) is 1.64. The number of hydrogen-bond donors (Lipinski definition) is 1. The molecule has 0 fully saturated rings. The maximum Gasteiger partial charge on any atom is 0.238 e. The number of nitrogens with zero attached hydrogens (tertiary/aromatic N) is 4. The third-order valence-corrected chi connectivity index (χ3v) is 4.14. The van der Waals surface area contributed by atoms with Crippen LogP contribution in [0, 0.1) is 19.3 Å². The van der Waals surface area contributed by atoms with Gasteiger partial charge >= 0.3 is 0 Å². The summed E-state index contributed by atoms with van der Waals surface area (Å²) in [6.07, 6.45) is 1.72. The summed E-state index contributed by atoms with van der Waals surface area (Å²) >= 11 is 0. The van der Waals surface area contributed by atoms with E-state index in [0.717, 1.165) is 17.1 Å². The molecule has 2 aromatic heterocycles. The van der Waals surface area contributed by atoms with Crippen molar-refractivity contribution in [2.45, 2.75) is 34.6 Å². The van der Waals surface area contributed by atoms with Crippen LogP contribution in [-0.4, -0.2) is 25.7 Å². The summed E-state index contributed by atoms with van der Waals surface area (Å²) in [6, 6.07) is 10.7. The Bertz CT molecular complexity index is 938. The van der Waals surface area contributed by atoms with E-state index in [1.807, 2.05) is 45.3 Å². The molecule has 7 nitrogen and oxygen atoms in total. The SMILES string of the molecule is Cc1ncn(-c2ccc(Oc3ccc(NC(=O)C(C)(C)C)cc3)nn2)c1C. The summed E-state index contributed by atoms with van der Waals surface area (Å²) in [5.41, 5.74) is 2.25. The highest BCUT2D eigenvalue weighted by Crippen LogP contribution is 2.23. The summed E-state index contributed by atoms with van der Waals surface area (Å²) < 4.78 is 7.59. The zero-order valence-electron chi connectivity index (χ0n) is 16.1. The largest absolute Gasteiger partial charge is 0.438 e. The lowest BCUT2D eigenvalue weighted by Gasteiger charge is -2.17. The minimum atomic E-state index is -0.446. The first-order chi connectivity index (χ1) is 12.7. The maximum atomic E-state index is 12.0. The number of rotatable bonds is 4. The lowest BCUT2D eigenvalue weighted by Crippen LogP contribution is -2.27. The molecule has 3 aromatic rings. The average molecular weight is 365 g/mol. The zero-order valence-corrected chi connectivity index (χ0v) is 16.1. The molecule has 0 atom stereocenters. The van der Waals surface area contributed by atoms with Crippen LogP contribution in [0.5, 0.6) is 11.6 Å². The zero-order chi connectivity index (χ0) is 19.6. The number of anilines is 1. The highest BCUT2D eigenvalue weighted by molar-refractivity contribution is 5.94. The number of aryl methyl sites for hydroxylation is 1. The van der Waals surface area contributed by atoms with Crippen molar-refractivity contribution in [1.82, 2.24) is 19.7 Å². The van der Waals surface area contributed by atoms with Crippen molar-refractivity contribution < 1.29 is 9.53 Å². The molecule has 0 saturated heterocycles. The Morgan fingerprint density at radius 1 is 1.04 bits per heavy atom. The van der Waals surface area contributed by atoms with Crippen molar-refractivity contribution in [3.05, 3.63) is 54.1 Å². The first-order valence-electron chi connectivity index (χ1n) is 8.68.